The standard InChI is InChI=1S/C25H23N3O5/c1-30-19-7-6-15(12-16(19)14-28-8-10-31-11-9-28)21-18(13-26)24(27)33-23-17-4-2-3-5-20(17)32-25(29)22(21)23/h2-7,12,21H,8-11,14,27H2,1H3/t21-/m0/s1. The Balaban J connectivity index is 1.67. The highest BCUT2D eigenvalue weighted by molar-refractivity contribution is 5.86. The smallest absolute Gasteiger partial charge is 0.344 e. The largest absolute Gasteiger partial charge is 0.496 e. The highest BCUT2D eigenvalue weighted by atomic mass is 16.5. The van der Waals surface area contributed by atoms with Crippen molar-refractivity contribution in [2.75, 3.05) is 33.4 Å². The Labute approximate surface area is 190 Å². The molecule has 8 nitrogen and oxygen atoms in total. The maximum atomic E-state index is 13.1. The van der Waals surface area contributed by atoms with Gasteiger partial charge in [-0.2, -0.15) is 5.26 Å². The Morgan fingerprint density at radius 1 is 1.21 bits per heavy atom. The quantitative estimate of drug-likeness (QED) is 0.611. The first-order valence-electron chi connectivity index (χ1n) is 10.7. The van der Waals surface area contributed by atoms with Crippen LogP contribution in [0.5, 0.6) is 11.5 Å². The van der Waals surface area contributed by atoms with Crippen LogP contribution in [0, 0.1) is 11.3 Å². The van der Waals surface area contributed by atoms with Crippen LogP contribution >= 0.6 is 0 Å². The Bertz CT molecular complexity index is 1350. The molecule has 3 aromatic rings. The van der Waals surface area contributed by atoms with E-state index in [4.69, 9.17) is 24.4 Å². The van der Waals surface area contributed by atoms with Crippen molar-refractivity contribution in [2.24, 2.45) is 5.73 Å². The van der Waals surface area contributed by atoms with Crippen molar-refractivity contribution in [1.82, 2.24) is 4.90 Å². The molecule has 33 heavy (non-hydrogen) atoms. The second kappa shape index (κ2) is 8.62. The van der Waals surface area contributed by atoms with Gasteiger partial charge in [0.1, 0.15) is 23.0 Å². The van der Waals surface area contributed by atoms with E-state index in [1.807, 2.05) is 24.3 Å². The molecule has 0 bridgehead atoms. The van der Waals surface area contributed by atoms with Crippen LogP contribution in [0.3, 0.4) is 0 Å². The van der Waals surface area contributed by atoms with Crippen molar-refractivity contribution in [3.8, 4) is 17.6 Å². The van der Waals surface area contributed by atoms with Gasteiger partial charge in [0.05, 0.1) is 37.2 Å². The second-order valence-electron chi connectivity index (χ2n) is 8.01. The number of nitrogens with two attached hydrogens (primary N) is 1. The van der Waals surface area contributed by atoms with Crippen LogP contribution in [-0.4, -0.2) is 38.3 Å². The SMILES string of the molecule is COc1ccc([C@H]2C(C#N)=C(N)Oc3c2c(=O)oc2ccccc32)cc1CN1CCOCC1. The van der Waals surface area contributed by atoms with Crippen LogP contribution in [0.1, 0.15) is 22.6 Å². The zero-order chi connectivity index (χ0) is 22.9. The van der Waals surface area contributed by atoms with E-state index in [1.54, 1.807) is 25.3 Å². The number of allylic oxidation sites excluding steroid dienone is 1. The normalized spacial score (nSPS) is 18.5. The van der Waals surface area contributed by atoms with Crippen LogP contribution in [0.4, 0.5) is 0 Å². The molecule has 1 saturated heterocycles. The third-order valence-corrected chi connectivity index (χ3v) is 6.11. The Morgan fingerprint density at radius 2 is 2.00 bits per heavy atom. The average molecular weight is 445 g/mol. The number of methoxy groups -OCH3 is 1. The molecule has 0 unspecified atom stereocenters. The number of ether oxygens (including phenoxy) is 3. The molecule has 0 aliphatic carbocycles. The van der Waals surface area contributed by atoms with Crippen molar-refractivity contribution in [3.05, 3.63) is 81.0 Å². The summed E-state index contributed by atoms with van der Waals surface area (Å²) in [4.78, 5) is 15.4. The first-order valence-corrected chi connectivity index (χ1v) is 10.7. The Kier molecular flexibility index (Phi) is 5.50. The van der Waals surface area contributed by atoms with Gasteiger partial charge >= 0.3 is 5.63 Å². The number of benzene rings is 2. The van der Waals surface area contributed by atoms with Crippen LogP contribution in [-0.2, 0) is 11.3 Å². The molecule has 1 aromatic heterocycles. The van der Waals surface area contributed by atoms with Crippen LogP contribution in [0.15, 0.2) is 63.1 Å². The van der Waals surface area contributed by atoms with Crippen molar-refractivity contribution in [3.63, 3.8) is 0 Å². The third kappa shape index (κ3) is 3.71. The fourth-order valence-electron chi connectivity index (χ4n) is 4.50. The number of nitriles is 1. The van der Waals surface area contributed by atoms with Crippen molar-refractivity contribution >= 4 is 11.0 Å². The lowest BCUT2D eigenvalue weighted by molar-refractivity contribution is 0.0339. The molecule has 1 atom stereocenters. The third-order valence-electron chi connectivity index (χ3n) is 6.11. The summed E-state index contributed by atoms with van der Waals surface area (Å²) >= 11 is 0. The molecule has 168 valence electrons. The average Bonchev–Trinajstić information content (AvgIpc) is 2.84. The molecule has 2 N–H and O–H groups in total. The number of para-hydroxylation sites is 1. The molecule has 8 heteroatoms. The predicted molar refractivity (Wildman–Crippen MR) is 121 cm³/mol. The molecular weight excluding hydrogens is 422 g/mol. The van der Waals surface area contributed by atoms with Crippen molar-refractivity contribution in [1.29, 1.82) is 5.26 Å². The number of nitrogens with zero attached hydrogens (tertiary/aromatic N) is 2. The summed E-state index contributed by atoms with van der Waals surface area (Å²) in [5.41, 5.74) is 8.15. The van der Waals surface area contributed by atoms with Gasteiger partial charge in [-0.3, -0.25) is 4.90 Å². The molecule has 0 amide bonds. The lowest BCUT2D eigenvalue weighted by atomic mass is 9.83. The molecule has 0 spiro atoms. The van der Waals surface area contributed by atoms with Crippen molar-refractivity contribution < 1.29 is 18.6 Å². The first kappa shape index (κ1) is 21.1. The van der Waals surface area contributed by atoms with Gasteiger partial charge in [0, 0.05) is 25.2 Å². The van der Waals surface area contributed by atoms with Gasteiger partial charge in [-0.25, -0.2) is 4.79 Å². The number of fused-ring (bicyclic) bond motifs is 3. The lowest BCUT2D eigenvalue weighted by Crippen LogP contribution is -2.35. The van der Waals surface area contributed by atoms with Gasteiger partial charge in [0.25, 0.3) is 0 Å². The highest BCUT2D eigenvalue weighted by Gasteiger charge is 2.35. The van der Waals surface area contributed by atoms with E-state index in [9.17, 15) is 10.1 Å². The molecule has 2 aromatic carbocycles. The Morgan fingerprint density at radius 3 is 2.76 bits per heavy atom. The molecule has 3 heterocycles. The molecule has 0 radical (unpaired) electrons. The van der Waals surface area contributed by atoms with E-state index in [0.29, 0.717) is 36.5 Å². The number of morpholine rings is 1. The predicted octanol–water partition coefficient (Wildman–Crippen LogP) is 2.85. The number of rotatable bonds is 4. The molecule has 5 rings (SSSR count). The van der Waals surface area contributed by atoms with E-state index in [1.165, 1.54) is 0 Å². The van der Waals surface area contributed by atoms with Gasteiger partial charge in [-0.1, -0.05) is 18.2 Å². The van der Waals surface area contributed by atoms with Crippen molar-refractivity contribution in [2.45, 2.75) is 12.5 Å². The van der Waals surface area contributed by atoms with Crippen LogP contribution < -0.4 is 20.8 Å². The van der Waals surface area contributed by atoms with Crippen LogP contribution in [0.2, 0.25) is 0 Å². The van der Waals surface area contributed by atoms with E-state index < -0.39 is 11.5 Å². The maximum Gasteiger partial charge on any atom is 0.344 e. The second-order valence-corrected chi connectivity index (χ2v) is 8.01. The van der Waals surface area contributed by atoms with Gasteiger partial charge < -0.3 is 24.4 Å². The zero-order valence-electron chi connectivity index (χ0n) is 18.2. The minimum absolute atomic E-state index is 0.0173. The summed E-state index contributed by atoms with van der Waals surface area (Å²) in [6.07, 6.45) is 0. The molecular formula is C25H23N3O5. The van der Waals surface area contributed by atoms with Gasteiger partial charge in [0.2, 0.25) is 5.88 Å². The zero-order valence-corrected chi connectivity index (χ0v) is 18.2. The summed E-state index contributed by atoms with van der Waals surface area (Å²) in [5, 5.41) is 10.5. The number of hydrogen-bond acceptors (Lipinski definition) is 8. The van der Waals surface area contributed by atoms with Crippen LogP contribution in [0.25, 0.3) is 11.0 Å². The first-order chi connectivity index (χ1) is 16.1. The maximum absolute atomic E-state index is 13.1. The lowest BCUT2D eigenvalue weighted by Gasteiger charge is -2.29. The van der Waals surface area contributed by atoms with Gasteiger partial charge in [0.15, 0.2) is 5.75 Å². The minimum Gasteiger partial charge on any atom is -0.496 e. The fourth-order valence-corrected chi connectivity index (χ4v) is 4.50. The molecule has 2 aliphatic heterocycles. The summed E-state index contributed by atoms with van der Waals surface area (Å²) in [5.74, 6) is 0.331. The molecule has 2 aliphatic rings. The Hall–Kier alpha value is -3.80. The summed E-state index contributed by atoms with van der Waals surface area (Å²) in [6, 6.07) is 14.9. The van der Waals surface area contributed by atoms with Gasteiger partial charge in [-0.15, -0.1) is 0 Å². The van der Waals surface area contributed by atoms with E-state index >= 15 is 0 Å². The van der Waals surface area contributed by atoms with Gasteiger partial charge in [-0.05, 0) is 29.8 Å². The summed E-state index contributed by atoms with van der Waals surface area (Å²) < 4.78 is 22.4. The molecule has 0 saturated carbocycles. The topological polar surface area (TPSA) is 111 Å². The fraction of sp³-hybridized carbons (Fsp3) is 0.280. The van der Waals surface area contributed by atoms with E-state index in [0.717, 1.165) is 30.0 Å². The molecule has 1 fully saturated rings. The number of hydrogen-bond donors (Lipinski definition) is 1. The van der Waals surface area contributed by atoms with E-state index in [2.05, 4.69) is 11.0 Å². The minimum atomic E-state index is -0.714. The van der Waals surface area contributed by atoms with E-state index in [-0.39, 0.29) is 17.0 Å². The highest BCUT2D eigenvalue weighted by Crippen LogP contribution is 2.44. The summed E-state index contributed by atoms with van der Waals surface area (Å²) in [7, 11) is 1.63. The monoisotopic (exact) mass is 445 g/mol. The summed E-state index contributed by atoms with van der Waals surface area (Å²) in [6.45, 7) is 3.66.